The van der Waals surface area contributed by atoms with Gasteiger partial charge < -0.3 is 5.32 Å². The zero-order valence-electron chi connectivity index (χ0n) is 12.3. The van der Waals surface area contributed by atoms with Crippen LogP contribution in [-0.2, 0) is 0 Å². The van der Waals surface area contributed by atoms with Crippen molar-refractivity contribution in [3.63, 3.8) is 0 Å². The summed E-state index contributed by atoms with van der Waals surface area (Å²) in [6.07, 6.45) is 2.56. The van der Waals surface area contributed by atoms with Crippen molar-refractivity contribution < 1.29 is 0 Å². The Balaban J connectivity index is 2.03. The molecule has 2 rings (SSSR count). The second-order valence-corrected chi connectivity index (χ2v) is 5.78. The van der Waals surface area contributed by atoms with Gasteiger partial charge in [-0.15, -0.1) is 0 Å². The maximum absolute atomic E-state index is 3.65. The van der Waals surface area contributed by atoms with Crippen LogP contribution < -0.4 is 5.32 Å². The standard InChI is InChI=1S/C18H25N/c1-14(2)8-7-13-19-15(3)17-12-6-10-16-9-4-5-11-18(16)17/h4-6,9-12,14-15,19H,7-8,13H2,1-3H3. The van der Waals surface area contributed by atoms with E-state index in [1.54, 1.807) is 0 Å². The third-order valence-corrected chi connectivity index (χ3v) is 3.70. The van der Waals surface area contributed by atoms with Crippen LogP contribution >= 0.6 is 0 Å². The van der Waals surface area contributed by atoms with Crippen LogP contribution in [-0.4, -0.2) is 6.54 Å². The van der Waals surface area contributed by atoms with Gasteiger partial charge in [0.15, 0.2) is 0 Å². The fourth-order valence-electron chi connectivity index (χ4n) is 2.57. The van der Waals surface area contributed by atoms with Crippen molar-refractivity contribution in [3.05, 3.63) is 48.0 Å². The van der Waals surface area contributed by atoms with E-state index in [-0.39, 0.29) is 0 Å². The Morgan fingerprint density at radius 3 is 2.47 bits per heavy atom. The number of nitrogens with one attached hydrogen (secondary N) is 1. The number of benzene rings is 2. The molecule has 2 aromatic carbocycles. The summed E-state index contributed by atoms with van der Waals surface area (Å²) in [6.45, 7) is 7.93. The Kier molecular flexibility index (Phi) is 4.98. The van der Waals surface area contributed by atoms with Gasteiger partial charge in [0.2, 0.25) is 0 Å². The van der Waals surface area contributed by atoms with Crippen LogP contribution in [0.5, 0.6) is 0 Å². The second-order valence-electron chi connectivity index (χ2n) is 5.78. The van der Waals surface area contributed by atoms with E-state index in [0.717, 1.165) is 12.5 Å². The first-order valence-electron chi connectivity index (χ1n) is 7.39. The van der Waals surface area contributed by atoms with Crippen molar-refractivity contribution in [2.45, 2.75) is 39.7 Å². The zero-order chi connectivity index (χ0) is 13.7. The lowest BCUT2D eigenvalue weighted by Crippen LogP contribution is -2.20. The molecule has 0 spiro atoms. The largest absolute Gasteiger partial charge is 0.310 e. The lowest BCUT2D eigenvalue weighted by atomic mass is 9.99. The molecular weight excluding hydrogens is 230 g/mol. The van der Waals surface area contributed by atoms with E-state index in [9.17, 15) is 0 Å². The predicted molar refractivity (Wildman–Crippen MR) is 84.4 cm³/mol. The van der Waals surface area contributed by atoms with E-state index >= 15 is 0 Å². The van der Waals surface area contributed by atoms with Gasteiger partial charge >= 0.3 is 0 Å². The highest BCUT2D eigenvalue weighted by atomic mass is 14.9. The molecule has 0 amide bonds. The smallest absolute Gasteiger partial charge is 0.0297 e. The molecule has 0 saturated carbocycles. The summed E-state index contributed by atoms with van der Waals surface area (Å²) in [4.78, 5) is 0. The molecule has 0 aliphatic rings. The van der Waals surface area contributed by atoms with Gasteiger partial charge in [0.25, 0.3) is 0 Å². The van der Waals surface area contributed by atoms with Crippen molar-refractivity contribution in [3.8, 4) is 0 Å². The van der Waals surface area contributed by atoms with Crippen LogP contribution in [0.15, 0.2) is 42.5 Å². The molecular formula is C18H25N. The van der Waals surface area contributed by atoms with Crippen LogP contribution in [0.4, 0.5) is 0 Å². The van der Waals surface area contributed by atoms with Crippen LogP contribution in [0.3, 0.4) is 0 Å². The van der Waals surface area contributed by atoms with Gasteiger partial charge in [-0.1, -0.05) is 56.3 Å². The highest BCUT2D eigenvalue weighted by molar-refractivity contribution is 5.86. The second kappa shape index (κ2) is 6.72. The molecule has 0 fully saturated rings. The molecule has 1 atom stereocenters. The fraction of sp³-hybridized carbons (Fsp3) is 0.444. The van der Waals surface area contributed by atoms with Crippen molar-refractivity contribution >= 4 is 10.8 Å². The molecule has 1 N–H and O–H groups in total. The molecule has 1 nitrogen and oxygen atoms in total. The SMILES string of the molecule is CC(C)CCCNC(C)c1cccc2ccccc12. The number of rotatable bonds is 6. The van der Waals surface area contributed by atoms with Gasteiger partial charge in [0.1, 0.15) is 0 Å². The average molecular weight is 255 g/mol. The normalized spacial score (nSPS) is 13.1. The van der Waals surface area contributed by atoms with Gasteiger partial charge in [0, 0.05) is 6.04 Å². The molecule has 0 saturated heterocycles. The fourth-order valence-corrected chi connectivity index (χ4v) is 2.57. The minimum atomic E-state index is 0.415. The lowest BCUT2D eigenvalue weighted by molar-refractivity contribution is 0.499. The molecule has 19 heavy (non-hydrogen) atoms. The molecule has 0 heterocycles. The quantitative estimate of drug-likeness (QED) is 0.722. The van der Waals surface area contributed by atoms with Crippen molar-refractivity contribution in [2.24, 2.45) is 5.92 Å². The van der Waals surface area contributed by atoms with Crippen molar-refractivity contribution in [2.75, 3.05) is 6.54 Å². The van der Waals surface area contributed by atoms with E-state index in [4.69, 9.17) is 0 Å². The molecule has 2 aromatic rings. The van der Waals surface area contributed by atoms with Gasteiger partial charge in [-0.3, -0.25) is 0 Å². The highest BCUT2D eigenvalue weighted by Crippen LogP contribution is 2.23. The number of fused-ring (bicyclic) bond motifs is 1. The van der Waals surface area contributed by atoms with Gasteiger partial charge in [-0.2, -0.15) is 0 Å². The van der Waals surface area contributed by atoms with Crippen LogP contribution in [0.2, 0.25) is 0 Å². The summed E-state index contributed by atoms with van der Waals surface area (Å²) in [5.41, 5.74) is 1.41. The van der Waals surface area contributed by atoms with E-state index in [0.29, 0.717) is 6.04 Å². The molecule has 0 bridgehead atoms. The Morgan fingerprint density at radius 2 is 1.68 bits per heavy atom. The van der Waals surface area contributed by atoms with E-state index < -0.39 is 0 Å². The summed E-state index contributed by atoms with van der Waals surface area (Å²) in [5, 5.41) is 6.35. The van der Waals surface area contributed by atoms with Gasteiger partial charge in [0.05, 0.1) is 0 Å². The maximum Gasteiger partial charge on any atom is 0.0297 e. The van der Waals surface area contributed by atoms with Crippen LogP contribution in [0.25, 0.3) is 10.8 Å². The van der Waals surface area contributed by atoms with E-state index in [2.05, 4.69) is 68.6 Å². The van der Waals surface area contributed by atoms with Crippen LogP contribution in [0, 0.1) is 5.92 Å². The minimum Gasteiger partial charge on any atom is -0.310 e. The molecule has 0 aliphatic heterocycles. The number of hydrogen-bond acceptors (Lipinski definition) is 1. The molecule has 0 aliphatic carbocycles. The monoisotopic (exact) mass is 255 g/mol. The molecule has 1 unspecified atom stereocenters. The predicted octanol–water partition coefficient (Wildman–Crippen LogP) is 4.93. The molecule has 0 aromatic heterocycles. The average Bonchev–Trinajstić information content (AvgIpc) is 2.42. The summed E-state index contributed by atoms with van der Waals surface area (Å²) in [7, 11) is 0. The lowest BCUT2D eigenvalue weighted by Gasteiger charge is -2.17. The molecule has 1 heteroatoms. The summed E-state index contributed by atoms with van der Waals surface area (Å²) in [5.74, 6) is 0.801. The first-order chi connectivity index (χ1) is 9.18. The van der Waals surface area contributed by atoms with Gasteiger partial charge in [-0.05, 0) is 48.6 Å². The molecule has 0 radical (unpaired) electrons. The summed E-state index contributed by atoms with van der Waals surface area (Å²) >= 11 is 0. The summed E-state index contributed by atoms with van der Waals surface area (Å²) < 4.78 is 0. The summed E-state index contributed by atoms with van der Waals surface area (Å²) in [6, 6.07) is 15.6. The van der Waals surface area contributed by atoms with Crippen LogP contribution in [0.1, 0.15) is 45.2 Å². The van der Waals surface area contributed by atoms with Gasteiger partial charge in [-0.25, -0.2) is 0 Å². The first-order valence-corrected chi connectivity index (χ1v) is 7.39. The van der Waals surface area contributed by atoms with E-state index in [1.807, 2.05) is 0 Å². The third-order valence-electron chi connectivity index (χ3n) is 3.70. The van der Waals surface area contributed by atoms with Crippen molar-refractivity contribution in [1.82, 2.24) is 5.32 Å². The van der Waals surface area contributed by atoms with Crippen molar-refractivity contribution in [1.29, 1.82) is 0 Å². The zero-order valence-corrected chi connectivity index (χ0v) is 12.3. The topological polar surface area (TPSA) is 12.0 Å². The highest BCUT2D eigenvalue weighted by Gasteiger charge is 2.08. The maximum atomic E-state index is 3.65. The molecule has 102 valence electrons. The minimum absolute atomic E-state index is 0.415. The Bertz CT molecular complexity index is 511. The third kappa shape index (κ3) is 3.81. The Labute approximate surface area is 117 Å². The Hall–Kier alpha value is -1.34. The Morgan fingerprint density at radius 1 is 0.947 bits per heavy atom. The first kappa shape index (κ1) is 14.1. The number of hydrogen-bond donors (Lipinski definition) is 1. The van der Waals surface area contributed by atoms with E-state index in [1.165, 1.54) is 29.2 Å².